The highest BCUT2D eigenvalue weighted by Gasteiger charge is 2.26. The Hall–Kier alpha value is 0.210. The lowest BCUT2D eigenvalue weighted by Gasteiger charge is -2.40. The molecule has 0 atom stereocenters. The van der Waals surface area contributed by atoms with Crippen molar-refractivity contribution >= 4 is 12.4 Å². The average Bonchev–Trinajstić information content (AvgIpc) is 2.38. The molecule has 3 heteroatoms. The molecule has 0 aromatic rings. The van der Waals surface area contributed by atoms with Gasteiger partial charge in [0.25, 0.3) is 0 Å². The van der Waals surface area contributed by atoms with Crippen LogP contribution >= 0.6 is 12.4 Å². The Labute approximate surface area is 119 Å². The van der Waals surface area contributed by atoms with Gasteiger partial charge in [-0.15, -0.1) is 12.4 Å². The Balaban J connectivity index is 0.00000162. The second kappa shape index (κ2) is 8.39. The van der Waals surface area contributed by atoms with E-state index in [2.05, 4.69) is 24.1 Å². The number of nitrogens with one attached hydrogen (secondary N) is 1. The largest absolute Gasteiger partial charge is 0.317 e. The van der Waals surface area contributed by atoms with Crippen LogP contribution < -0.4 is 5.32 Å². The van der Waals surface area contributed by atoms with Gasteiger partial charge in [-0.05, 0) is 58.5 Å². The van der Waals surface area contributed by atoms with Crippen LogP contribution in [0.5, 0.6) is 0 Å². The predicted octanol–water partition coefficient (Wildman–Crippen LogP) is 3.45. The monoisotopic (exact) mass is 274 g/mol. The van der Waals surface area contributed by atoms with Gasteiger partial charge in [0, 0.05) is 18.6 Å². The van der Waals surface area contributed by atoms with Gasteiger partial charge in [-0.2, -0.15) is 0 Å². The van der Waals surface area contributed by atoms with Crippen LogP contribution in [0.1, 0.15) is 58.8 Å². The summed E-state index contributed by atoms with van der Waals surface area (Å²) in [5, 5.41) is 3.48. The molecule has 0 amide bonds. The highest BCUT2D eigenvalue weighted by molar-refractivity contribution is 5.85. The molecule has 2 fully saturated rings. The molecule has 0 unspecified atom stereocenters. The van der Waals surface area contributed by atoms with Gasteiger partial charge in [-0.3, -0.25) is 4.90 Å². The van der Waals surface area contributed by atoms with E-state index in [0.29, 0.717) is 0 Å². The molecular formula is C15H31ClN2. The van der Waals surface area contributed by atoms with Crippen molar-refractivity contribution in [2.24, 2.45) is 5.92 Å². The summed E-state index contributed by atoms with van der Waals surface area (Å²) in [6, 6.07) is 1.62. The van der Waals surface area contributed by atoms with E-state index >= 15 is 0 Å². The van der Waals surface area contributed by atoms with E-state index < -0.39 is 0 Å². The van der Waals surface area contributed by atoms with Gasteiger partial charge in [0.2, 0.25) is 0 Å². The first-order valence-corrected chi connectivity index (χ1v) is 7.74. The van der Waals surface area contributed by atoms with Crippen molar-refractivity contribution in [2.45, 2.75) is 70.9 Å². The van der Waals surface area contributed by atoms with Crippen LogP contribution in [0.4, 0.5) is 0 Å². The number of rotatable bonds is 4. The zero-order chi connectivity index (χ0) is 12.1. The molecule has 18 heavy (non-hydrogen) atoms. The number of hydrogen-bond donors (Lipinski definition) is 1. The zero-order valence-electron chi connectivity index (χ0n) is 12.2. The Bertz CT molecular complexity index is 209. The first-order valence-electron chi connectivity index (χ1n) is 7.74. The lowest BCUT2D eigenvalue weighted by atomic mass is 9.90. The third-order valence-electron chi connectivity index (χ3n) is 4.63. The third-order valence-corrected chi connectivity index (χ3v) is 4.63. The molecule has 2 rings (SSSR count). The van der Waals surface area contributed by atoms with Gasteiger partial charge in [-0.25, -0.2) is 0 Å². The molecule has 2 nitrogen and oxygen atoms in total. The molecule has 1 saturated carbocycles. The lowest BCUT2D eigenvalue weighted by molar-refractivity contribution is 0.0918. The Morgan fingerprint density at radius 3 is 2.17 bits per heavy atom. The van der Waals surface area contributed by atoms with E-state index in [1.165, 1.54) is 64.6 Å². The van der Waals surface area contributed by atoms with E-state index in [9.17, 15) is 0 Å². The van der Waals surface area contributed by atoms with Gasteiger partial charge in [0.1, 0.15) is 0 Å². The summed E-state index contributed by atoms with van der Waals surface area (Å²) in [6.07, 6.45) is 10.0. The molecular weight excluding hydrogens is 244 g/mol. The topological polar surface area (TPSA) is 15.3 Å². The maximum Gasteiger partial charge on any atom is 0.00980 e. The summed E-state index contributed by atoms with van der Waals surface area (Å²) in [5.74, 6) is 0.945. The number of piperidine rings is 1. The van der Waals surface area contributed by atoms with Gasteiger partial charge >= 0.3 is 0 Å². The molecule has 0 spiro atoms. The quantitative estimate of drug-likeness (QED) is 0.845. The summed E-state index contributed by atoms with van der Waals surface area (Å²) in [4.78, 5) is 2.81. The first kappa shape index (κ1) is 16.3. The zero-order valence-corrected chi connectivity index (χ0v) is 13.0. The molecule has 0 radical (unpaired) electrons. The normalized spacial score (nSPS) is 23.3. The summed E-state index contributed by atoms with van der Waals surface area (Å²) in [6.45, 7) is 8.60. The molecule has 0 aromatic carbocycles. The third kappa shape index (κ3) is 4.71. The summed E-state index contributed by atoms with van der Waals surface area (Å²) in [5.41, 5.74) is 0. The summed E-state index contributed by atoms with van der Waals surface area (Å²) >= 11 is 0. The van der Waals surface area contributed by atoms with Crippen molar-refractivity contribution in [3.8, 4) is 0 Å². The Morgan fingerprint density at radius 1 is 1.00 bits per heavy atom. The van der Waals surface area contributed by atoms with E-state index in [0.717, 1.165) is 18.0 Å². The summed E-state index contributed by atoms with van der Waals surface area (Å²) in [7, 11) is 0. The highest BCUT2D eigenvalue weighted by atomic mass is 35.5. The molecule has 1 saturated heterocycles. The van der Waals surface area contributed by atoms with Gasteiger partial charge < -0.3 is 5.32 Å². The second-order valence-corrected chi connectivity index (χ2v) is 6.28. The molecule has 1 N–H and O–H groups in total. The van der Waals surface area contributed by atoms with Gasteiger partial charge in [0.15, 0.2) is 0 Å². The van der Waals surface area contributed by atoms with Crippen molar-refractivity contribution in [3.63, 3.8) is 0 Å². The standard InChI is InChI=1S/C15H30N2.ClH/c1-13(2)17(15-6-4-3-5-7-15)12-14-8-10-16-11-9-14;/h13-16H,3-12H2,1-2H3;1H. The number of nitrogens with zero attached hydrogens (tertiary/aromatic N) is 1. The second-order valence-electron chi connectivity index (χ2n) is 6.28. The van der Waals surface area contributed by atoms with Crippen LogP contribution in [0.25, 0.3) is 0 Å². The van der Waals surface area contributed by atoms with Crippen molar-refractivity contribution in [2.75, 3.05) is 19.6 Å². The molecule has 0 bridgehead atoms. The van der Waals surface area contributed by atoms with Gasteiger partial charge in [-0.1, -0.05) is 19.3 Å². The van der Waals surface area contributed by atoms with Gasteiger partial charge in [0.05, 0.1) is 0 Å². The SMILES string of the molecule is CC(C)N(CC1CCNCC1)C1CCCCC1.Cl. The Morgan fingerprint density at radius 2 is 1.61 bits per heavy atom. The minimum Gasteiger partial charge on any atom is -0.317 e. The van der Waals surface area contributed by atoms with E-state index in [1.807, 2.05) is 0 Å². The van der Waals surface area contributed by atoms with Crippen LogP contribution in [0.2, 0.25) is 0 Å². The predicted molar refractivity (Wildman–Crippen MR) is 81.6 cm³/mol. The fourth-order valence-electron chi connectivity index (χ4n) is 3.56. The smallest absolute Gasteiger partial charge is 0.00980 e. The van der Waals surface area contributed by atoms with Crippen molar-refractivity contribution in [1.82, 2.24) is 10.2 Å². The van der Waals surface area contributed by atoms with Crippen LogP contribution in [0.3, 0.4) is 0 Å². The van der Waals surface area contributed by atoms with Crippen LogP contribution in [0, 0.1) is 5.92 Å². The van der Waals surface area contributed by atoms with E-state index in [-0.39, 0.29) is 12.4 Å². The summed E-state index contributed by atoms with van der Waals surface area (Å²) < 4.78 is 0. The minimum absolute atomic E-state index is 0. The molecule has 0 aromatic heterocycles. The fraction of sp³-hybridized carbons (Fsp3) is 1.00. The Kier molecular flexibility index (Phi) is 7.59. The average molecular weight is 275 g/mol. The van der Waals surface area contributed by atoms with Crippen molar-refractivity contribution < 1.29 is 0 Å². The maximum absolute atomic E-state index is 3.48. The molecule has 1 aliphatic carbocycles. The van der Waals surface area contributed by atoms with Crippen LogP contribution in [-0.2, 0) is 0 Å². The van der Waals surface area contributed by atoms with E-state index in [1.54, 1.807) is 0 Å². The maximum atomic E-state index is 3.48. The van der Waals surface area contributed by atoms with Crippen LogP contribution in [0.15, 0.2) is 0 Å². The number of halogens is 1. The molecule has 1 aliphatic heterocycles. The molecule has 2 aliphatic rings. The van der Waals surface area contributed by atoms with Crippen LogP contribution in [-0.4, -0.2) is 36.6 Å². The van der Waals surface area contributed by atoms with Crippen molar-refractivity contribution in [3.05, 3.63) is 0 Å². The van der Waals surface area contributed by atoms with E-state index in [4.69, 9.17) is 0 Å². The fourth-order valence-corrected chi connectivity index (χ4v) is 3.56. The molecule has 108 valence electrons. The minimum atomic E-state index is 0. The number of hydrogen-bond acceptors (Lipinski definition) is 2. The lowest BCUT2D eigenvalue weighted by Crippen LogP contribution is -2.45. The molecule has 1 heterocycles. The van der Waals surface area contributed by atoms with Crippen molar-refractivity contribution in [1.29, 1.82) is 0 Å². The highest BCUT2D eigenvalue weighted by Crippen LogP contribution is 2.26. The first-order chi connectivity index (χ1) is 8.27.